The fourth-order valence-electron chi connectivity index (χ4n) is 1.50. The maximum absolute atomic E-state index is 12.6. The third kappa shape index (κ3) is 4.91. The first-order valence-electron chi connectivity index (χ1n) is 5.50. The molecule has 0 unspecified atom stereocenters. The summed E-state index contributed by atoms with van der Waals surface area (Å²) in [5, 5.41) is 11.6. The summed E-state index contributed by atoms with van der Waals surface area (Å²) in [6, 6.07) is 4.89. The molecule has 1 aromatic carbocycles. The van der Waals surface area contributed by atoms with Crippen molar-refractivity contribution >= 4 is 16.5 Å². The average molecular weight is 290 g/mol. The molecule has 0 aliphatic heterocycles. The van der Waals surface area contributed by atoms with Crippen LogP contribution < -0.4 is 5.32 Å². The van der Waals surface area contributed by atoms with Crippen molar-refractivity contribution in [2.24, 2.45) is 0 Å². The van der Waals surface area contributed by atoms with Crippen LogP contribution in [0, 0.1) is 11.3 Å². The number of rotatable bonds is 5. The molecular formula is C12H13F3N2OS. The molecule has 0 spiro atoms. The number of nitriles is 1. The summed E-state index contributed by atoms with van der Waals surface area (Å²) in [6.45, 7) is 0.496. The fraction of sp³-hybridized carbons (Fsp3) is 0.417. The summed E-state index contributed by atoms with van der Waals surface area (Å²) in [4.78, 5) is 0. The van der Waals surface area contributed by atoms with E-state index in [1.807, 2.05) is 0 Å². The molecule has 7 heteroatoms. The number of benzene rings is 1. The predicted molar refractivity (Wildman–Crippen MR) is 68.2 cm³/mol. The van der Waals surface area contributed by atoms with Gasteiger partial charge >= 0.3 is 6.18 Å². The fourth-order valence-corrected chi connectivity index (χ4v) is 2.05. The van der Waals surface area contributed by atoms with Crippen molar-refractivity contribution in [3.63, 3.8) is 0 Å². The number of nitrogens with zero attached hydrogens (tertiary/aromatic N) is 1. The van der Waals surface area contributed by atoms with Gasteiger partial charge in [0.25, 0.3) is 0 Å². The highest BCUT2D eigenvalue weighted by atomic mass is 32.2. The van der Waals surface area contributed by atoms with Gasteiger partial charge < -0.3 is 5.32 Å². The van der Waals surface area contributed by atoms with Crippen LogP contribution in [0.15, 0.2) is 18.2 Å². The molecule has 19 heavy (non-hydrogen) atoms. The van der Waals surface area contributed by atoms with Gasteiger partial charge in [-0.05, 0) is 24.6 Å². The van der Waals surface area contributed by atoms with Crippen LogP contribution >= 0.6 is 0 Å². The maximum atomic E-state index is 12.6. The zero-order chi connectivity index (χ0) is 14.5. The molecule has 0 fully saturated rings. The Balaban J connectivity index is 2.73. The van der Waals surface area contributed by atoms with Crippen LogP contribution in [0.1, 0.15) is 17.5 Å². The second kappa shape index (κ2) is 6.57. The number of alkyl halides is 3. The van der Waals surface area contributed by atoms with E-state index in [9.17, 15) is 17.4 Å². The summed E-state index contributed by atoms with van der Waals surface area (Å²) in [5.41, 5.74) is -0.891. The molecule has 0 saturated heterocycles. The van der Waals surface area contributed by atoms with Gasteiger partial charge in [-0.3, -0.25) is 4.21 Å². The first kappa shape index (κ1) is 15.5. The first-order chi connectivity index (χ1) is 8.84. The maximum Gasteiger partial charge on any atom is 0.417 e. The second-order valence-electron chi connectivity index (χ2n) is 3.93. The smallest absolute Gasteiger partial charge is 0.385 e. The average Bonchev–Trinajstić information content (AvgIpc) is 2.32. The van der Waals surface area contributed by atoms with E-state index in [-0.39, 0.29) is 0 Å². The molecule has 0 radical (unpaired) electrons. The summed E-state index contributed by atoms with van der Waals surface area (Å²) < 4.78 is 48.5. The third-order valence-electron chi connectivity index (χ3n) is 2.38. The summed E-state index contributed by atoms with van der Waals surface area (Å²) in [5.74, 6) is 0.527. The Morgan fingerprint density at radius 3 is 2.63 bits per heavy atom. The summed E-state index contributed by atoms with van der Waals surface area (Å²) in [6.07, 6.45) is -2.29. The molecule has 0 aliphatic carbocycles. The largest absolute Gasteiger partial charge is 0.417 e. The number of anilines is 1. The van der Waals surface area contributed by atoms with Crippen LogP contribution in [0.25, 0.3) is 0 Å². The number of halogens is 3. The molecular weight excluding hydrogens is 277 g/mol. The summed E-state index contributed by atoms with van der Waals surface area (Å²) >= 11 is 0. The number of hydrogen-bond acceptors (Lipinski definition) is 3. The van der Waals surface area contributed by atoms with Crippen molar-refractivity contribution in [3.8, 4) is 6.07 Å². The lowest BCUT2D eigenvalue weighted by Crippen LogP contribution is -2.10. The first-order valence-corrected chi connectivity index (χ1v) is 7.22. The minimum atomic E-state index is -4.53. The van der Waals surface area contributed by atoms with Crippen molar-refractivity contribution in [2.75, 3.05) is 23.9 Å². The molecule has 3 nitrogen and oxygen atoms in total. The molecule has 1 rings (SSSR count). The van der Waals surface area contributed by atoms with Crippen LogP contribution in [0.4, 0.5) is 18.9 Å². The Morgan fingerprint density at radius 2 is 2.11 bits per heavy atom. The monoisotopic (exact) mass is 290 g/mol. The Bertz CT molecular complexity index is 509. The minimum absolute atomic E-state index is 0.406. The normalized spacial score (nSPS) is 12.8. The lowest BCUT2D eigenvalue weighted by atomic mass is 10.1. The van der Waals surface area contributed by atoms with E-state index in [1.54, 1.807) is 12.3 Å². The van der Waals surface area contributed by atoms with Crippen LogP contribution in [-0.2, 0) is 17.0 Å². The molecule has 1 N–H and O–H groups in total. The number of nitrogens with one attached hydrogen (secondary N) is 1. The van der Waals surface area contributed by atoms with Crippen LogP contribution in [0.2, 0.25) is 0 Å². The van der Waals surface area contributed by atoms with Gasteiger partial charge in [0.05, 0.1) is 17.2 Å². The van der Waals surface area contributed by atoms with E-state index in [1.165, 1.54) is 12.1 Å². The van der Waals surface area contributed by atoms with Gasteiger partial charge in [-0.1, -0.05) is 0 Å². The zero-order valence-corrected chi connectivity index (χ0v) is 11.1. The molecule has 1 aromatic rings. The standard InChI is InChI=1S/C12H13F3N2OS/c1-19(18)6-2-5-17-10-3-4-11(12(13,14)15)9(7-10)8-16/h3-4,7,17H,2,5-6H2,1H3/t19-/m1/s1. The van der Waals surface area contributed by atoms with Gasteiger partial charge in [-0.25, -0.2) is 0 Å². The van der Waals surface area contributed by atoms with E-state index in [0.29, 0.717) is 24.4 Å². The molecule has 1 atom stereocenters. The van der Waals surface area contributed by atoms with Gasteiger partial charge in [0, 0.05) is 35.0 Å². The predicted octanol–water partition coefficient (Wildman–Crippen LogP) is 2.76. The van der Waals surface area contributed by atoms with Crippen molar-refractivity contribution in [2.45, 2.75) is 12.6 Å². The highest BCUT2D eigenvalue weighted by molar-refractivity contribution is 7.84. The Hall–Kier alpha value is -1.55. The van der Waals surface area contributed by atoms with Gasteiger partial charge in [0.1, 0.15) is 0 Å². The van der Waals surface area contributed by atoms with Crippen LogP contribution in [-0.4, -0.2) is 22.8 Å². The quantitative estimate of drug-likeness (QED) is 0.848. The molecule has 0 aliphatic rings. The lowest BCUT2D eigenvalue weighted by Gasteiger charge is -2.11. The van der Waals surface area contributed by atoms with E-state index in [4.69, 9.17) is 5.26 Å². The minimum Gasteiger partial charge on any atom is -0.385 e. The van der Waals surface area contributed by atoms with E-state index in [0.717, 1.165) is 6.07 Å². The Labute approximate surface area is 111 Å². The van der Waals surface area contributed by atoms with Crippen molar-refractivity contribution in [3.05, 3.63) is 29.3 Å². The van der Waals surface area contributed by atoms with Crippen molar-refractivity contribution < 1.29 is 17.4 Å². The van der Waals surface area contributed by atoms with Gasteiger partial charge in [0.15, 0.2) is 0 Å². The summed E-state index contributed by atoms with van der Waals surface area (Å²) in [7, 11) is -0.886. The molecule has 0 amide bonds. The molecule has 0 heterocycles. The van der Waals surface area contributed by atoms with Crippen LogP contribution in [0.3, 0.4) is 0 Å². The van der Waals surface area contributed by atoms with Gasteiger partial charge in [0.2, 0.25) is 0 Å². The highest BCUT2D eigenvalue weighted by Crippen LogP contribution is 2.32. The Morgan fingerprint density at radius 1 is 1.42 bits per heavy atom. The molecule has 104 valence electrons. The third-order valence-corrected chi connectivity index (χ3v) is 3.25. The molecule has 0 saturated carbocycles. The highest BCUT2D eigenvalue weighted by Gasteiger charge is 2.33. The van der Waals surface area contributed by atoms with E-state index < -0.39 is 28.1 Å². The zero-order valence-electron chi connectivity index (χ0n) is 10.3. The number of hydrogen-bond donors (Lipinski definition) is 1. The second-order valence-corrected chi connectivity index (χ2v) is 5.48. The van der Waals surface area contributed by atoms with E-state index >= 15 is 0 Å². The molecule has 0 aromatic heterocycles. The lowest BCUT2D eigenvalue weighted by molar-refractivity contribution is -0.137. The SMILES string of the molecule is C[S@@](=O)CCCNc1ccc(C(F)(F)F)c(C#N)c1. The van der Waals surface area contributed by atoms with Crippen molar-refractivity contribution in [1.82, 2.24) is 0 Å². The van der Waals surface area contributed by atoms with Gasteiger partial charge in [-0.15, -0.1) is 0 Å². The van der Waals surface area contributed by atoms with E-state index in [2.05, 4.69) is 5.32 Å². The van der Waals surface area contributed by atoms with Gasteiger partial charge in [-0.2, -0.15) is 18.4 Å². The van der Waals surface area contributed by atoms with Crippen molar-refractivity contribution in [1.29, 1.82) is 5.26 Å². The topological polar surface area (TPSA) is 52.9 Å². The molecule has 0 bridgehead atoms. The van der Waals surface area contributed by atoms with Crippen LogP contribution in [0.5, 0.6) is 0 Å². The Kier molecular flexibility index (Phi) is 5.36.